The molecule has 0 unspecified atom stereocenters. The van der Waals surface area contributed by atoms with Gasteiger partial charge in [0.1, 0.15) is 0 Å². The van der Waals surface area contributed by atoms with Gasteiger partial charge in [0.2, 0.25) is 0 Å². The molecule has 5 rings (SSSR count). The summed E-state index contributed by atoms with van der Waals surface area (Å²) >= 11 is 6.29. The Bertz CT molecular complexity index is 1290. The molecule has 1 fully saturated rings. The van der Waals surface area contributed by atoms with E-state index in [-0.39, 0.29) is 5.91 Å². The first-order valence-corrected chi connectivity index (χ1v) is 12.0. The van der Waals surface area contributed by atoms with E-state index >= 15 is 0 Å². The quantitative estimate of drug-likeness (QED) is 0.247. The molecule has 0 radical (unpaired) electrons. The van der Waals surface area contributed by atoms with Crippen LogP contribution < -0.4 is 5.43 Å². The second-order valence-corrected chi connectivity index (χ2v) is 9.08. The summed E-state index contributed by atoms with van der Waals surface area (Å²) in [5.41, 5.74) is 4.88. The number of hydrogen-bond donors (Lipinski definition) is 1. The molecule has 4 aromatic rings. The van der Waals surface area contributed by atoms with Crippen molar-refractivity contribution in [1.82, 2.24) is 15.2 Å². The van der Waals surface area contributed by atoms with Gasteiger partial charge in [0.05, 0.1) is 12.8 Å². The highest BCUT2D eigenvalue weighted by atomic mass is 35.5. The van der Waals surface area contributed by atoms with Crippen LogP contribution in [0.5, 0.6) is 0 Å². The number of nitrogens with one attached hydrogen (secondary N) is 1. The molecule has 0 aromatic heterocycles. The van der Waals surface area contributed by atoms with E-state index in [4.69, 9.17) is 11.6 Å². The highest BCUT2D eigenvalue weighted by molar-refractivity contribution is 6.31. The Morgan fingerprint density at radius 3 is 2.12 bits per heavy atom. The lowest BCUT2D eigenvalue weighted by Gasteiger charge is -2.34. The molecular formula is C28H27ClN4O. The van der Waals surface area contributed by atoms with Gasteiger partial charge in [-0.05, 0) is 39.2 Å². The van der Waals surface area contributed by atoms with E-state index in [0.717, 1.165) is 70.4 Å². The van der Waals surface area contributed by atoms with Gasteiger partial charge in [0.15, 0.2) is 0 Å². The Morgan fingerprint density at radius 2 is 1.44 bits per heavy atom. The predicted molar refractivity (Wildman–Crippen MR) is 140 cm³/mol. The molecule has 6 heteroatoms. The molecule has 5 nitrogen and oxygen atoms in total. The third-order valence-corrected chi connectivity index (χ3v) is 6.75. The van der Waals surface area contributed by atoms with E-state index in [9.17, 15) is 4.79 Å². The van der Waals surface area contributed by atoms with Crippen molar-refractivity contribution in [2.45, 2.75) is 6.54 Å². The number of amides is 1. The zero-order valence-electron chi connectivity index (χ0n) is 19.0. The minimum absolute atomic E-state index is 0.0969. The average molecular weight is 471 g/mol. The molecule has 172 valence electrons. The number of carbonyl (C=O) groups excluding carboxylic acids is 1. The number of hydrogen-bond acceptors (Lipinski definition) is 4. The van der Waals surface area contributed by atoms with Crippen LogP contribution >= 0.6 is 11.6 Å². The largest absolute Gasteiger partial charge is 0.296 e. The standard InChI is InChI=1S/C28H27ClN4O/c29-27-12-6-3-9-23(27)19-32-13-15-33(16-14-32)20-28(34)31-30-18-26-24-10-4-1-7-21(24)17-22-8-2-5-11-25(22)26/h1-12,17-18H,13-16,19-20H2,(H,31,34). The first-order valence-electron chi connectivity index (χ1n) is 11.6. The van der Waals surface area contributed by atoms with Crippen LogP contribution in [0.2, 0.25) is 5.02 Å². The number of piperazine rings is 1. The summed E-state index contributed by atoms with van der Waals surface area (Å²) in [4.78, 5) is 17.1. The smallest absolute Gasteiger partial charge is 0.254 e. The summed E-state index contributed by atoms with van der Waals surface area (Å²) in [7, 11) is 0. The van der Waals surface area contributed by atoms with Crippen molar-refractivity contribution in [3.05, 3.63) is 95.0 Å². The Hall–Kier alpha value is -3.25. The molecular weight excluding hydrogens is 444 g/mol. The molecule has 34 heavy (non-hydrogen) atoms. The number of carbonyl (C=O) groups is 1. The van der Waals surface area contributed by atoms with E-state index in [1.54, 1.807) is 6.21 Å². The monoisotopic (exact) mass is 470 g/mol. The van der Waals surface area contributed by atoms with Crippen LogP contribution in [0.3, 0.4) is 0 Å². The van der Waals surface area contributed by atoms with Crippen LogP contribution in [-0.4, -0.2) is 54.6 Å². The van der Waals surface area contributed by atoms with Crippen LogP contribution in [0, 0.1) is 0 Å². The van der Waals surface area contributed by atoms with E-state index in [0.29, 0.717) is 6.54 Å². The second kappa shape index (κ2) is 10.3. The lowest BCUT2D eigenvalue weighted by Crippen LogP contribution is -2.48. The maximum absolute atomic E-state index is 12.5. The maximum atomic E-state index is 12.5. The fourth-order valence-corrected chi connectivity index (χ4v) is 4.76. The number of rotatable bonds is 6. The molecule has 0 atom stereocenters. The lowest BCUT2D eigenvalue weighted by atomic mass is 9.97. The van der Waals surface area contributed by atoms with Crippen molar-refractivity contribution < 1.29 is 4.79 Å². The van der Waals surface area contributed by atoms with E-state index in [1.807, 2.05) is 42.5 Å². The third kappa shape index (κ3) is 5.12. The van der Waals surface area contributed by atoms with Gasteiger partial charge in [0.25, 0.3) is 5.91 Å². The molecule has 0 bridgehead atoms. The number of benzene rings is 4. The molecule has 1 aliphatic heterocycles. The molecule has 1 saturated heterocycles. The van der Waals surface area contributed by atoms with E-state index < -0.39 is 0 Å². The van der Waals surface area contributed by atoms with Gasteiger partial charge >= 0.3 is 0 Å². The second-order valence-electron chi connectivity index (χ2n) is 8.67. The molecule has 0 aliphatic carbocycles. The summed E-state index contributed by atoms with van der Waals surface area (Å²) in [6.45, 7) is 4.68. The third-order valence-electron chi connectivity index (χ3n) is 6.38. The first kappa shape index (κ1) is 22.5. The maximum Gasteiger partial charge on any atom is 0.254 e. The van der Waals surface area contributed by atoms with Gasteiger partial charge < -0.3 is 0 Å². The Labute approximate surface area is 204 Å². The zero-order chi connectivity index (χ0) is 23.3. The van der Waals surface area contributed by atoms with Crippen LogP contribution in [0.15, 0.2) is 84.0 Å². The van der Waals surface area contributed by atoms with Gasteiger partial charge in [-0.15, -0.1) is 0 Å². The van der Waals surface area contributed by atoms with Crippen molar-refractivity contribution in [3.8, 4) is 0 Å². The van der Waals surface area contributed by atoms with Crippen LogP contribution in [0.1, 0.15) is 11.1 Å². The molecule has 1 amide bonds. The Morgan fingerprint density at radius 1 is 0.853 bits per heavy atom. The van der Waals surface area contributed by atoms with Gasteiger partial charge in [-0.25, -0.2) is 5.43 Å². The number of nitrogens with zero attached hydrogens (tertiary/aromatic N) is 3. The molecule has 1 N–H and O–H groups in total. The molecule has 0 spiro atoms. The van der Waals surface area contributed by atoms with Crippen molar-refractivity contribution in [2.75, 3.05) is 32.7 Å². The number of hydrazone groups is 1. The van der Waals surface area contributed by atoms with Crippen LogP contribution in [0.25, 0.3) is 21.5 Å². The topological polar surface area (TPSA) is 47.9 Å². The van der Waals surface area contributed by atoms with Crippen molar-refractivity contribution >= 4 is 45.3 Å². The predicted octanol–water partition coefficient (Wildman–Crippen LogP) is 4.91. The summed E-state index contributed by atoms with van der Waals surface area (Å²) in [5, 5.41) is 9.67. The number of halogens is 1. The minimum Gasteiger partial charge on any atom is -0.296 e. The summed E-state index contributed by atoms with van der Waals surface area (Å²) in [6, 6.07) is 26.7. The highest BCUT2D eigenvalue weighted by Crippen LogP contribution is 2.27. The molecule has 0 saturated carbocycles. The van der Waals surface area contributed by atoms with Crippen molar-refractivity contribution in [1.29, 1.82) is 0 Å². The first-order chi connectivity index (χ1) is 16.7. The molecule has 1 heterocycles. The lowest BCUT2D eigenvalue weighted by molar-refractivity contribution is -0.122. The van der Waals surface area contributed by atoms with Crippen LogP contribution in [0.4, 0.5) is 0 Å². The summed E-state index contributed by atoms with van der Waals surface area (Å²) < 4.78 is 0. The van der Waals surface area contributed by atoms with Gasteiger partial charge in [0, 0.05) is 43.3 Å². The summed E-state index contributed by atoms with van der Waals surface area (Å²) in [5.74, 6) is -0.0969. The number of fused-ring (bicyclic) bond motifs is 2. The highest BCUT2D eigenvalue weighted by Gasteiger charge is 2.19. The minimum atomic E-state index is -0.0969. The van der Waals surface area contributed by atoms with Crippen molar-refractivity contribution in [2.24, 2.45) is 5.10 Å². The fourth-order valence-electron chi connectivity index (χ4n) is 4.57. The SMILES string of the molecule is O=C(CN1CCN(Cc2ccccc2Cl)CC1)NN=Cc1c2ccccc2cc2ccccc12. The molecule has 1 aliphatic rings. The average Bonchev–Trinajstić information content (AvgIpc) is 2.86. The Kier molecular flexibility index (Phi) is 6.86. The van der Waals surface area contributed by atoms with Gasteiger partial charge in [-0.3, -0.25) is 14.6 Å². The van der Waals surface area contributed by atoms with E-state index in [1.165, 1.54) is 0 Å². The normalized spacial score (nSPS) is 15.3. The van der Waals surface area contributed by atoms with Crippen LogP contribution in [-0.2, 0) is 11.3 Å². The van der Waals surface area contributed by atoms with Gasteiger partial charge in [-0.1, -0.05) is 78.3 Å². The molecule has 4 aromatic carbocycles. The summed E-state index contributed by atoms with van der Waals surface area (Å²) in [6.07, 6.45) is 1.77. The van der Waals surface area contributed by atoms with E-state index in [2.05, 4.69) is 56.7 Å². The van der Waals surface area contributed by atoms with Gasteiger partial charge in [-0.2, -0.15) is 5.10 Å². The zero-order valence-corrected chi connectivity index (χ0v) is 19.7. The van der Waals surface area contributed by atoms with Crippen molar-refractivity contribution in [3.63, 3.8) is 0 Å². The fraction of sp³-hybridized carbons (Fsp3) is 0.214. The Balaban J connectivity index is 1.18.